The molecule has 2 aliphatic heterocycles. The van der Waals surface area contributed by atoms with Crippen LogP contribution in [-0.4, -0.2) is 33.9 Å². The summed E-state index contributed by atoms with van der Waals surface area (Å²) in [6.45, 7) is 3.31. The molecule has 0 bridgehead atoms. The molecule has 1 N–H and O–H groups in total. The monoisotopic (exact) mass is 285 g/mol. The van der Waals surface area contributed by atoms with Gasteiger partial charge in [-0.25, -0.2) is 0 Å². The van der Waals surface area contributed by atoms with Gasteiger partial charge in [0, 0.05) is 17.3 Å². The summed E-state index contributed by atoms with van der Waals surface area (Å²) in [7, 11) is 0. The van der Waals surface area contributed by atoms with Crippen LogP contribution in [0.15, 0.2) is 4.52 Å². The van der Waals surface area contributed by atoms with E-state index in [0.29, 0.717) is 11.2 Å². The molecule has 0 aliphatic carbocycles. The van der Waals surface area contributed by atoms with E-state index in [2.05, 4.69) is 22.4 Å². The molecule has 3 unspecified atom stereocenters. The van der Waals surface area contributed by atoms with Crippen LogP contribution in [0.5, 0.6) is 0 Å². The van der Waals surface area contributed by atoms with E-state index >= 15 is 0 Å². The van der Waals surface area contributed by atoms with Gasteiger partial charge in [-0.1, -0.05) is 12.1 Å². The molecule has 100 valence electrons. The second-order valence-corrected chi connectivity index (χ2v) is 7.44. The number of hydrogen-bond donors (Lipinski definition) is 1. The smallest absolute Gasteiger partial charge is 0.244 e. The van der Waals surface area contributed by atoms with E-state index in [4.69, 9.17) is 4.52 Å². The van der Waals surface area contributed by atoms with E-state index in [0.717, 1.165) is 24.0 Å². The van der Waals surface area contributed by atoms with Crippen LogP contribution in [0.25, 0.3) is 0 Å². The number of nitrogens with zero attached hydrogens (tertiary/aromatic N) is 2. The molecule has 0 saturated carbocycles. The molecule has 1 aromatic heterocycles. The van der Waals surface area contributed by atoms with Gasteiger partial charge in [-0.3, -0.25) is 0 Å². The fourth-order valence-corrected chi connectivity index (χ4v) is 5.11. The lowest BCUT2D eigenvalue weighted by atomic mass is 9.93. The lowest BCUT2D eigenvalue weighted by Gasteiger charge is -2.26. The van der Waals surface area contributed by atoms with E-state index < -0.39 is 0 Å². The lowest BCUT2D eigenvalue weighted by Crippen LogP contribution is -2.33. The molecule has 2 saturated heterocycles. The molecular weight excluding hydrogens is 266 g/mol. The molecular formula is C12H19N3OS2. The predicted molar refractivity (Wildman–Crippen MR) is 76.0 cm³/mol. The van der Waals surface area contributed by atoms with Gasteiger partial charge in [-0.05, 0) is 25.3 Å². The van der Waals surface area contributed by atoms with Gasteiger partial charge >= 0.3 is 0 Å². The summed E-state index contributed by atoms with van der Waals surface area (Å²) in [5, 5.41) is 8.10. The van der Waals surface area contributed by atoms with Crippen molar-refractivity contribution in [3.63, 3.8) is 0 Å². The van der Waals surface area contributed by atoms with Crippen molar-refractivity contribution < 1.29 is 4.52 Å². The maximum atomic E-state index is 5.48. The van der Waals surface area contributed by atoms with Crippen molar-refractivity contribution >= 4 is 23.5 Å². The number of hydrogen-bond acceptors (Lipinski definition) is 6. The van der Waals surface area contributed by atoms with Gasteiger partial charge in [0.05, 0.1) is 11.3 Å². The van der Waals surface area contributed by atoms with Crippen molar-refractivity contribution in [2.24, 2.45) is 5.92 Å². The lowest BCUT2D eigenvalue weighted by molar-refractivity contribution is 0.239. The third-order valence-corrected chi connectivity index (χ3v) is 6.35. The summed E-state index contributed by atoms with van der Waals surface area (Å²) in [6, 6.07) is 0.251. The van der Waals surface area contributed by atoms with Gasteiger partial charge < -0.3 is 9.84 Å². The average molecular weight is 285 g/mol. The average Bonchev–Trinajstić information content (AvgIpc) is 2.90. The minimum Gasteiger partial charge on any atom is -0.338 e. The van der Waals surface area contributed by atoms with E-state index in [1.54, 1.807) is 0 Å². The number of nitrogens with one attached hydrogen (secondary N) is 1. The quantitative estimate of drug-likeness (QED) is 0.901. The van der Waals surface area contributed by atoms with E-state index in [1.807, 2.05) is 23.5 Å². The topological polar surface area (TPSA) is 51.0 Å². The van der Waals surface area contributed by atoms with Crippen LogP contribution in [-0.2, 0) is 0 Å². The first-order valence-corrected chi connectivity index (χ1v) is 8.81. The Kier molecular flexibility index (Phi) is 4.16. The Morgan fingerprint density at radius 1 is 1.39 bits per heavy atom. The zero-order chi connectivity index (χ0) is 12.4. The van der Waals surface area contributed by atoms with Crippen molar-refractivity contribution in [3.8, 4) is 0 Å². The van der Waals surface area contributed by atoms with Crippen molar-refractivity contribution in [1.82, 2.24) is 15.5 Å². The first kappa shape index (κ1) is 12.8. The molecule has 6 heteroatoms. The molecule has 18 heavy (non-hydrogen) atoms. The van der Waals surface area contributed by atoms with Crippen LogP contribution in [0.1, 0.15) is 42.8 Å². The Hall–Kier alpha value is -0.200. The Balaban J connectivity index is 1.71. The van der Waals surface area contributed by atoms with Crippen molar-refractivity contribution in [2.75, 3.05) is 23.8 Å². The number of rotatable bonds is 2. The normalized spacial score (nSPS) is 33.5. The largest absolute Gasteiger partial charge is 0.338 e. The zero-order valence-corrected chi connectivity index (χ0v) is 12.2. The SMILES string of the molecule is CC1CCCNC1c1nc(C2CSCCS2)no1. The summed E-state index contributed by atoms with van der Waals surface area (Å²) in [4.78, 5) is 4.63. The van der Waals surface area contributed by atoms with Crippen LogP contribution >= 0.6 is 23.5 Å². The molecule has 0 aromatic carbocycles. The molecule has 3 atom stereocenters. The van der Waals surface area contributed by atoms with Crippen molar-refractivity contribution in [3.05, 3.63) is 11.7 Å². The molecule has 0 amide bonds. The summed E-state index contributed by atoms with van der Waals surface area (Å²) < 4.78 is 5.48. The highest BCUT2D eigenvalue weighted by atomic mass is 32.2. The van der Waals surface area contributed by atoms with Crippen LogP contribution in [0.2, 0.25) is 0 Å². The fourth-order valence-electron chi connectivity index (χ4n) is 2.52. The van der Waals surface area contributed by atoms with E-state index in [1.165, 1.54) is 24.3 Å². The molecule has 2 aliphatic rings. The highest BCUT2D eigenvalue weighted by Gasteiger charge is 2.29. The van der Waals surface area contributed by atoms with Gasteiger partial charge in [0.15, 0.2) is 5.82 Å². The molecule has 3 heterocycles. The third kappa shape index (κ3) is 2.70. The molecule has 1 aromatic rings. The first-order chi connectivity index (χ1) is 8.84. The maximum Gasteiger partial charge on any atom is 0.244 e. The van der Waals surface area contributed by atoms with Crippen LogP contribution in [0.4, 0.5) is 0 Å². The summed E-state index contributed by atoms with van der Waals surface area (Å²) in [5.74, 6) is 5.80. The highest BCUT2D eigenvalue weighted by Crippen LogP contribution is 2.36. The van der Waals surface area contributed by atoms with E-state index in [9.17, 15) is 0 Å². The Morgan fingerprint density at radius 3 is 3.11 bits per heavy atom. The summed E-state index contributed by atoms with van der Waals surface area (Å²) in [6.07, 6.45) is 2.48. The van der Waals surface area contributed by atoms with Gasteiger partial charge in [-0.15, -0.1) is 11.8 Å². The van der Waals surface area contributed by atoms with Crippen molar-refractivity contribution in [2.45, 2.75) is 31.1 Å². The zero-order valence-electron chi connectivity index (χ0n) is 10.6. The predicted octanol–water partition coefficient (Wildman–Crippen LogP) is 2.65. The fraction of sp³-hybridized carbons (Fsp3) is 0.833. The second-order valence-electron chi connectivity index (χ2n) is 4.98. The highest BCUT2D eigenvalue weighted by molar-refractivity contribution is 8.06. The van der Waals surface area contributed by atoms with Gasteiger partial charge in [0.1, 0.15) is 0 Å². The second kappa shape index (κ2) is 5.84. The van der Waals surface area contributed by atoms with Gasteiger partial charge in [0.2, 0.25) is 5.89 Å². The van der Waals surface area contributed by atoms with Crippen LogP contribution in [0, 0.1) is 5.92 Å². The van der Waals surface area contributed by atoms with Gasteiger partial charge in [0.25, 0.3) is 0 Å². The van der Waals surface area contributed by atoms with Gasteiger partial charge in [-0.2, -0.15) is 16.7 Å². The molecule has 2 fully saturated rings. The number of thioether (sulfide) groups is 2. The summed E-state index contributed by atoms with van der Waals surface area (Å²) >= 11 is 3.94. The molecule has 0 spiro atoms. The number of piperidine rings is 1. The first-order valence-electron chi connectivity index (χ1n) is 6.61. The van der Waals surface area contributed by atoms with Crippen LogP contribution < -0.4 is 5.32 Å². The number of aromatic nitrogens is 2. The summed E-state index contributed by atoms with van der Waals surface area (Å²) in [5.41, 5.74) is 0. The molecule has 3 rings (SSSR count). The Morgan fingerprint density at radius 2 is 2.33 bits per heavy atom. The minimum absolute atomic E-state index is 0.251. The Labute approximate surface area is 116 Å². The minimum atomic E-state index is 0.251. The third-order valence-electron chi connectivity index (χ3n) is 3.60. The molecule has 4 nitrogen and oxygen atoms in total. The van der Waals surface area contributed by atoms with Crippen LogP contribution in [0.3, 0.4) is 0 Å². The van der Waals surface area contributed by atoms with Crippen molar-refractivity contribution in [1.29, 1.82) is 0 Å². The standard InChI is InChI=1S/C12H19N3OS2/c1-8-3-2-4-13-10(8)12-14-11(15-16-12)9-7-17-5-6-18-9/h8-10,13H,2-7H2,1H3. The maximum absolute atomic E-state index is 5.48. The van der Waals surface area contributed by atoms with E-state index in [-0.39, 0.29) is 6.04 Å². The Bertz CT molecular complexity index is 392. The molecule has 0 radical (unpaired) electrons.